The van der Waals surface area contributed by atoms with Crippen LogP contribution in [0.25, 0.3) is 11.3 Å². The number of hydrogen-bond donors (Lipinski definition) is 0. The van der Waals surface area contributed by atoms with E-state index in [1.807, 2.05) is 23.6 Å². The highest BCUT2D eigenvalue weighted by Gasteiger charge is 2.24. The molecule has 2 aromatic heterocycles. The van der Waals surface area contributed by atoms with Crippen molar-refractivity contribution in [3.8, 4) is 11.3 Å². The minimum atomic E-state index is -0.291. The minimum Gasteiger partial charge on any atom is -0.353 e. The first kappa shape index (κ1) is 23.6. The summed E-state index contributed by atoms with van der Waals surface area (Å²) in [5.74, 6) is 0.212. The number of rotatable bonds is 7. The Morgan fingerprint density at radius 3 is 2.56 bits per heavy atom. The molecular formula is C25H26FN5O2S. The fourth-order valence-electron chi connectivity index (χ4n) is 3.86. The van der Waals surface area contributed by atoms with Crippen LogP contribution in [0.15, 0.2) is 66.6 Å². The maximum absolute atomic E-state index is 13.2. The summed E-state index contributed by atoms with van der Waals surface area (Å²) in [5, 5.41) is 10.5. The number of benzene rings is 1. The molecule has 1 saturated heterocycles. The molecule has 3 aromatic rings. The summed E-state index contributed by atoms with van der Waals surface area (Å²) in [5.41, 5.74) is 1.47. The van der Waals surface area contributed by atoms with E-state index in [2.05, 4.69) is 21.7 Å². The highest BCUT2D eigenvalue weighted by atomic mass is 32.1. The SMILES string of the molecule is C=CCN(CC(=O)N1CCCN(c2ccc(-c3ccc(F)cc3)nn2)CC1)C(=O)c1cccs1. The van der Waals surface area contributed by atoms with E-state index in [-0.39, 0.29) is 24.2 Å². The fourth-order valence-corrected chi connectivity index (χ4v) is 4.55. The Morgan fingerprint density at radius 1 is 1.06 bits per heavy atom. The molecule has 7 nitrogen and oxygen atoms in total. The average Bonchev–Trinajstić information content (AvgIpc) is 3.28. The van der Waals surface area contributed by atoms with Crippen LogP contribution in [0.5, 0.6) is 0 Å². The van der Waals surface area contributed by atoms with Crippen LogP contribution in [-0.4, -0.2) is 71.1 Å². The van der Waals surface area contributed by atoms with Gasteiger partial charge in [0.2, 0.25) is 5.91 Å². The number of anilines is 1. The molecule has 0 bridgehead atoms. The molecule has 0 spiro atoms. The highest BCUT2D eigenvalue weighted by molar-refractivity contribution is 7.12. The molecular weight excluding hydrogens is 453 g/mol. The molecule has 1 aromatic carbocycles. The second kappa shape index (κ2) is 11.0. The zero-order valence-corrected chi connectivity index (χ0v) is 19.6. The summed E-state index contributed by atoms with van der Waals surface area (Å²) in [4.78, 5) is 31.8. The molecule has 176 valence electrons. The average molecular weight is 480 g/mol. The Morgan fingerprint density at radius 2 is 1.88 bits per heavy atom. The Labute approximate surface area is 202 Å². The van der Waals surface area contributed by atoms with Gasteiger partial charge in [-0.2, -0.15) is 0 Å². The largest absolute Gasteiger partial charge is 0.353 e. The van der Waals surface area contributed by atoms with Crippen molar-refractivity contribution in [2.45, 2.75) is 6.42 Å². The molecule has 0 radical (unpaired) electrons. The molecule has 3 heterocycles. The van der Waals surface area contributed by atoms with Gasteiger partial charge < -0.3 is 14.7 Å². The molecule has 0 aliphatic carbocycles. The van der Waals surface area contributed by atoms with E-state index in [1.165, 1.54) is 28.4 Å². The summed E-state index contributed by atoms with van der Waals surface area (Å²) in [6, 6.07) is 13.5. The van der Waals surface area contributed by atoms with Gasteiger partial charge in [-0.05, 0) is 54.3 Å². The molecule has 0 N–H and O–H groups in total. The number of amides is 2. The van der Waals surface area contributed by atoms with Gasteiger partial charge in [0.15, 0.2) is 5.82 Å². The van der Waals surface area contributed by atoms with E-state index < -0.39 is 0 Å². The van der Waals surface area contributed by atoms with Crippen LogP contribution in [0.2, 0.25) is 0 Å². The number of hydrogen-bond acceptors (Lipinski definition) is 6. The van der Waals surface area contributed by atoms with Gasteiger partial charge in [-0.1, -0.05) is 12.1 Å². The van der Waals surface area contributed by atoms with Gasteiger partial charge in [-0.3, -0.25) is 9.59 Å². The Hall–Kier alpha value is -3.59. The first-order valence-corrected chi connectivity index (χ1v) is 12.0. The van der Waals surface area contributed by atoms with Gasteiger partial charge in [0, 0.05) is 38.3 Å². The van der Waals surface area contributed by atoms with Crippen molar-refractivity contribution < 1.29 is 14.0 Å². The molecule has 1 aliphatic rings. The lowest BCUT2D eigenvalue weighted by Crippen LogP contribution is -2.44. The van der Waals surface area contributed by atoms with Crippen molar-refractivity contribution in [2.75, 3.05) is 44.2 Å². The summed E-state index contributed by atoms with van der Waals surface area (Å²) < 4.78 is 13.2. The number of halogens is 1. The van der Waals surface area contributed by atoms with E-state index >= 15 is 0 Å². The maximum atomic E-state index is 13.2. The Balaban J connectivity index is 1.36. The van der Waals surface area contributed by atoms with Crippen LogP contribution in [0.3, 0.4) is 0 Å². The Kier molecular flexibility index (Phi) is 7.64. The van der Waals surface area contributed by atoms with Crippen molar-refractivity contribution in [1.29, 1.82) is 0 Å². The van der Waals surface area contributed by atoms with Gasteiger partial charge in [0.05, 0.1) is 10.6 Å². The van der Waals surface area contributed by atoms with Crippen LogP contribution in [-0.2, 0) is 4.79 Å². The lowest BCUT2D eigenvalue weighted by molar-refractivity contribution is -0.131. The lowest BCUT2D eigenvalue weighted by Gasteiger charge is -2.26. The van der Waals surface area contributed by atoms with Gasteiger partial charge in [-0.15, -0.1) is 28.1 Å². The molecule has 0 saturated carbocycles. The molecule has 1 aliphatic heterocycles. The standard InChI is InChI=1S/C25H26FN5O2S/c1-2-12-31(25(33)22-5-3-17-34-22)18-24(32)30-14-4-13-29(15-16-30)23-11-10-21(27-28-23)19-6-8-20(26)9-7-19/h2-3,5-11,17H,1,4,12-16,18H2. The summed E-state index contributed by atoms with van der Waals surface area (Å²) in [6.07, 6.45) is 2.42. The summed E-state index contributed by atoms with van der Waals surface area (Å²) in [7, 11) is 0. The fraction of sp³-hybridized carbons (Fsp3) is 0.280. The van der Waals surface area contributed by atoms with Crippen molar-refractivity contribution in [3.05, 3.63) is 77.3 Å². The van der Waals surface area contributed by atoms with Crippen LogP contribution in [0.4, 0.5) is 10.2 Å². The van der Waals surface area contributed by atoms with Crippen LogP contribution in [0, 0.1) is 5.82 Å². The predicted molar refractivity (Wildman–Crippen MR) is 131 cm³/mol. The molecule has 0 atom stereocenters. The monoisotopic (exact) mass is 479 g/mol. The van der Waals surface area contributed by atoms with E-state index in [1.54, 1.807) is 29.2 Å². The third-order valence-corrected chi connectivity index (χ3v) is 6.52. The van der Waals surface area contributed by atoms with Gasteiger partial charge in [0.25, 0.3) is 5.91 Å². The number of aromatic nitrogens is 2. The summed E-state index contributed by atoms with van der Waals surface area (Å²) in [6.45, 7) is 6.59. The normalized spacial score (nSPS) is 13.9. The zero-order chi connectivity index (χ0) is 23.9. The van der Waals surface area contributed by atoms with Gasteiger partial charge >= 0.3 is 0 Å². The molecule has 9 heteroatoms. The minimum absolute atomic E-state index is 0.0227. The predicted octanol–water partition coefficient (Wildman–Crippen LogP) is 3.71. The van der Waals surface area contributed by atoms with Gasteiger partial charge in [0.1, 0.15) is 12.4 Å². The van der Waals surface area contributed by atoms with Crippen molar-refractivity contribution in [1.82, 2.24) is 20.0 Å². The summed E-state index contributed by atoms with van der Waals surface area (Å²) >= 11 is 1.36. The number of carbonyl (C=O) groups excluding carboxylic acids is 2. The van der Waals surface area contributed by atoms with Gasteiger partial charge in [-0.25, -0.2) is 4.39 Å². The first-order valence-electron chi connectivity index (χ1n) is 11.1. The molecule has 4 rings (SSSR count). The zero-order valence-electron chi connectivity index (χ0n) is 18.8. The number of thiophene rings is 1. The second-order valence-corrected chi connectivity index (χ2v) is 8.90. The quantitative estimate of drug-likeness (QED) is 0.483. The smallest absolute Gasteiger partial charge is 0.264 e. The molecule has 34 heavy (non-hydrogen) atoms. The van der Waals surface area contributed by atoms with Crippen LogP contribution >= 0.6 is 11.3 Å². The molecule has 0 unspecified atom stereocenters. The highest BCUT2D eigenvalue weighted by Crippen LogP contribution is 2.20. The van der Waals surface area contributed by atoms with Crippen molar-refractivity contribution >= 4 is 29.0 Å². The topological polar surface area (TPSA) is 69.6 Å². The maximum Gasteiger partial charge on any atom is 0.264 e. The van der Waals surface area contributed by atoms with Crippen molar-refractivity contribution in [2.24, 2.45) is 0 Å². The van der Waals surface area contributed by atoms with E-state index in [0.717, 1.165) is 24.3 Å². The second-order valence-electron chi connectivity index (χ2n) is 7.96. The lowest BCUT2D eigenvalue weighted by atomic mass is 10.1. The van der Waals surface area contributed by atoms with E-state index in [0.29, 0.717) is 36.8 Å². The first-order chi connectivity index (χ1) is 16.5. The number of carbonyl (C=O) groups is 2. The Bertz CT molecular complexity index is 1120. The number of nitrogens with zero attached hydrogens (tertiary/aromatic N) is 5. The van der Waals surface area contributed by atoms with E-state index in [9.17, 15) is 14.0 Å². The third kappa shape index (κ3) is 5.66. The molecule has 1 fully saturated rings. The van der Waals surface area contributed by atoms with Crippen LogP contribution < -0.4 is 4.90 Å². The molecule has 2 amide bonds. The van der Waals surface area contributed by atoms with Crippen LogP contribution in [0.1, 0.15) is 16.1 Å². The van der Waals surface area contributed by atoms with Crippen molar-refractivity contribution in [3.63, 3.8) is 0 Å². The van der Waals surface area contributed by atoms with E-state index in [4.69, 9.17) is 0 Å². The third-order valence-electron chi connectivity index (χ3n) is 5.66.